The van der Waals surface area contributed by atoms with Gasteiger partial charge in [-0.25, -0.2) is 8.78 Å². The molecule has 1 aliphatic rings. The number of ether oxygens (including phenoxy) is 2. The quantitative estimate of drug-likeness (QED) is 0.729. The predicted octanol–water partition coefficient (Wildman–Crippen LogP) is 4.49. The van der Waals surface area contributed by atoms with Crippen LogP contribution in [0.4, 0.5) is 8.78 Å². The van der Waals surface area contributed by atoms with Crippen LogP contribution in [-0.4, -0.2) is 55.4 Å². The zero-order valence-electron chi connectivity index (χ0n) is 15.7. The molecule has 0 aliphatic carbocycles. The minimum atomic E-state index is -2.59. The van der Waals surface area contributed by atoms with E-state index in [2.05, 4.69) is 0 Å². The van der Waals surface area contributed by atoms with E-state index in [4.69, 9.17) is 21.1 Å². The van der Waals surface area contributed by atoms with Crippen molar-refractivity contribution in [1.29, 1.82) is 0 Å². The van der Waals surface area contributed by atoms with Gasteiger partial charge in [0.05, 0.1) is 7.11 Å². The molecule has 1 heterocycles. The fraction of sp³-hybridized carbons (Fsp3) is 0.429. The summed E-state index contributed by atoms with van der Waals surface area (Å²) in [5.41, 5.74) is 1.69. The Morgan fingerprint density at radius 2 is 1.82 bits per heavy atom. The van der Waals surface area contributed by atoms with Crippen LogP contribution in [0.1, 0.15) is 12.8 Å². The lowest BCUT2D eigenvalue weighted by Gasteiger charge is -2.32. The van der Waals surface area contributed by atoms with Crippen molar-refractivity contribution in [2.45, 2.75) is 24.9 Å². The number of halogens is 3. The molecule has 152 valence electrons. The summed E-state index contributed by atoms with van der Waals surface area (Å²) in [5.74, 6) is -1.44. The second kappa shape index (κ2) is 9.07. The van der Waals surface area contributed by atoms with E-state index in [0.29, 0.717) is 23.1 Å². The number of hydrogen-bond acceptors (Lipinski definition) is 4. The summed E-state index contributed by atoms with van der Waals surface area (Å²) in [7, 11) is 1.57. The Kier molecular flexibility index (Phi) is 6.75. The Hall–Kier alpha value is -1.89. The maximum absolute atomic E-state index is 13.2. The number of likely N-dealkylation sites (tertiary alicyclic amines) is 1. The minimum Gasteiger partial charge on any atom is -0.497 e. The van der Waals surface area contributed by atoms with Gasteiger partial charge in [0.1, 0.15) is 24.2 Å². The predicted molar refractivity (Wildman–Crippen MR) is 106 cm³/mol. The Morgan fingerprint density at radius 3 is 2.50 bits per heavy atom. The number of nitrogens with zero attached hydrogens (tertiary/aromatic N) is 1. The van der Waals surface area contributed by atoms with Crippen molar-refractivity contribution < 1.29 is 23.4 Å². The zero-order valence-corrected chi connectivity index (χ0v) is 16.5. The third-order valence-electron chi connectivity index (χ3n) is 4.80. The molecule has 0 bridgehead atoms. The third-order valence-corrected chi connectivity index (χ3v) is 5.13. The number of aliphatic hydroxyl groups is 1. The van der Waals surface area contributed by atoms with Gasteiger partial charge in [-0.2, -0.15) is 0 Å². The number of rotatable bonds is 7. The number of methoxy groups -OCH3 is 1. The average Bonchev–Trinajstić information content (AvgIpc) is 2.68. The summed E-state index contributed by atoms with van der Waals surface area (Å²) in [4.78, 5) is 1.84. The molecule has 0 radical (unpaired) electrons. The molecular weight excluding hydrogens is 388 g/mol. The van der Waals surface area contributed by atoms with E-state index in [1.54, 1.807) is 13.2 Å². The number of hydrogen-bond donors (Lipinski definition) is 1. The SMILES string of the molecule is COc1cc(OCC(O)CN2CCC(F)(F)CC2)cc(-c2ccccc2Cl)c1. The van der Waals surface area contributed by atoms with E-state index in [-0.39, 0.29) is 32.5 Å². The summed E-state index contributed by atoms with van der Waals surface area (Å²) in [6.45, 7) is 0.916. The fourth-order valence-electron chi connectivity index (χ4n) is 3.23. The number of β-amino-alcohol motifs (C(OH)–C–C–N with tert-alkyl or cyclic N) is 1. The largest absolute Gasteiger partial charge is 0.497 e. The first kappa shape index (κ1) is 20.8. The van der Waals surface area contributed by atoms with Crippen LogP contribution in [-0.2, 0) is 0 Å². The molecule has 0 aromatic heterocycles. The van der Waals surface area contributed by atoms with Crippen molar-refractivity contribution >= 4 is 11.6 Å². The smallest absolute Gasteiger partial charge is 0.250 e. The van der Waals surface area contributed by atoms with Crippen LogP contribution in [0.3, 0.4) is 0 Å². The van der Waals surface area contributed by atoms with Crippen LogP contribution < -0.4 is 9.47 Å². The number of alkyl halides is 2. The van der Waals surface area contributed by atoms with E-state index >= 15 is 0 Å². The van der Waals surface area contributed by atoms with E-state index < -0.39 is 12.0 Å². The highest BCUT2D eigenvalue weighted by Gasteiger charge is 2.34. The van der Waals surface area contributed by atoms with Crippen LogP contribution in [0.2, 0.25) is 5.02 Å². The molecule has 2 aromatic rings. The highest BCUT2D eigenvalue weighted by molar-refractivity contribution is 6.33. The molecule has 1 N–H and O–H groups in total. The lowest BCUT2D eigenvalue weighted by molar-refractivity contribution is -0.0628. The van der Waals surface area contributed by atoms with Gasteiger partial charge in [0.15, 0.2) is 0 Å². The molecule has 1 fully saturated rings. The molecular formula is C21H24ClF2NO3. The first-order chi connectivity index (χ1) is 13.4. The lowest BCUT2D eigenvalue weighted by atomic mass is 10.0. The van der Waals surface area contributed by atoms with Gasteiger partial charge >= 0.3 is 0 Å². The molecule has 28 heavy (non-hydrogen) atoms. The minimum absolute atomic E-state index is 0.0576. The molecule has 1 unspecified atom stereocenters. The zero-order chi connectivity index (χ0) is 20.1. The van der Waals surface area contributed by atoms with Crippen molar-refractivity contribution in [3.63, 3.8) is 0 Å². The van der Waals surface area contributed by atoms with Gasteiger partial charge in [-0.1, -0.05) is 29.8 Å². The van der Waals surface area contributed by atoms with Crippen LogP contribution >= 0.6 is 11.6 Å². The summed E-state index contributed by atoms with van der Waals surface area (Å²) < 4.78 is 37.5. The second-order valence-corrected chi connectivity index (χ2v) is 7.41. The molecule has 4 nitrogen and oxygen atoms in total. The molecule has 2 aromatic carbocycles. The monoisotopic (exact) mass is 411 g/mol. The summed E-state index contributed by atoms with van der Waals surface area (Å²) in [6, 6.07) is 12.9. The van der Waals surface area contributed by atoms with Gasteiger partial charge in [-0.15, -0.1) is 0 Å². The van der Waals surface area contributed by atoms with Crippen molar-refractivity contribution in [2.75, 3.05) is 33.4 Å². The van der Waals surface area contributed by atoms with Gasteiger partial charge in [-0.3, -0.25) is 0 Å². The van der Waals surface area contributed by atoms with Gasteiger partial charge in [0.2, 0.25) is 0 Å². The lowest BCUT2D eigenvalue weighted by Crippen LogP contribution is -2.44. The molecule has 0 saturated carbocycles. The molecule has 0 spiro atoms. The first-order valence-corrected chi connectivity index (χ1v) is 9.59. The number of benzene rings is 2. The van der Waals surface area contributed by atoms with E-state index in [1.165, 1.54) is 0 Å². The van der Waals surface area contributed by atoms with E-state index in [0.717, 1.165) is 11.1 Å². The van der Waals surface area contributed by atoms with Crippen LogP contribution in [0, 0.1) is 0 Å². The van der Waals surface area contributed by atoms with Crippen LogP contribution in [0.25, 0.3) is 11.1 Å². The summed E-state index contributed by atoms with van der Waals surface area (Å²) >= 11 is 6.28. The molecule has 3 rings (SSSR count). The molecule has 7 heteroatoms. The first-order valence-electron chi connectivity index (χ1n) is 9.21. The normalized spacial score (nSPS) is 17.9. The Bertz CT molecular complexity index is 793. The number of piperidine rings is 1. The van der Waals surface area contributed by atoms with Crippen molar-refractivity contribution in [1.82, 2.24) is 4.90 Å². The van der Waals surface area contributed by atoms with Crippen LogP contribution in [0.15, 0.2) is 42.5 Å². The second-order valence-electron chi connectivity index (χ2n) is 7.00. The average molecular weight is 412 g/mol. The van der Waals surface area contributed by atoms with Crippen molar-refractivity contribution in [3.8, 4) is 22.6 Å². The highest BCUT2D eigenvalue weighted by atomic mass is 35.5. The molecule has 0 amide bonds. The summed E-state index contributed by atoms with van der Waals surface area (Å²) in [6.07, 6.45) is -1.11. The Labute approximate surface area is 168 Å². The van der Waals surface area contributed by atoms with Gasteiger partial charge in [0.25, 0.3) is 5.92 Å². The topological polar surface area (TPSA) is 41.9 Å². The standard InChI is InChI=1S/C21H24ClF2NO3/c1-27-17-10-15(19-4-2-3-5-20(19)22)11-18(12-17)28-14-16(26)13-25-8-6-21(23,24)7-9-25/h2-5,10-12,16,26H,6-9,13-14H2,1H3. The Balaban J connectivity index is 1.62. The Morgan fingerprint density at radius 1 is 1.14 bits per heavy atom. The van der Waals surface area contributed by atoms with E-state index in [9.17, 15) is 13.9 Å². The summed E-state index contributed by atoms with van der Waals surface area (Å²) in [5, 5.41) is 10.9. The maximum atomic E-state index is 13.2. The van der Waals surface area contributed by atoms with E-state index in [1.807, 2.05) is 41.3 Å². The maximum Gasteiger partial charge on any atom is 0.250 e. The van der Waals surface area contributed by atoms with Gasteiger partial charge in [-0.05, 0) is 23.8 Å². The molecule has 1 aliphatic heterocycles. The highest BCUT2D eigenvalue weighted by Crippen LogP contribution is 2.34. The van der Waals surface area contributed by atoms with Gasteiger partial charge < -0.3 is 19.5 Å². The van der Waals surface area contributed by atoms with Crippen molar-refractivity contribution in [2.24, 2.45) is 0 Å². The fourth-order valence-corrected chi connectivity index (χ4v) is 3.47. The third kappa shape index (κ3) is 5.56. The van der Waals surface area contributed by atoms with Gasteiger partial charge in [0, 0.05) is 49.1 Å². The molecule has 1 saturated heterocycles. The van der Waals surface area contributed by atoms with Crippen molar-refractivity contribution in [3.05, 3.63) is 47.5 Å². The molecule has 1 atom stereocenters. The van der Waals surface area contributed by atoms with Crippen LogP contribution in [0.5, 0.6) is 11.5 Å². The number of aliphatic hydroxyl groups excluding tert-OH is 1.